The summed E-state index contributed by atoms with van der Waals surface area (Å²) in [5.41, 5.74) is 9.81. The number of nitrogens with two attached hydrogens (primary N) is 1. The van der Waals surface area contributed by atoms with Crippen molar-refractivity contribution in [3.63, 3.8) is 0 Å². The maximum atomic E-state index is 6.18. The first-order valence-electron chi connectivity index (χ1n) is 4.90. The van der Waals surface area contributed by atoms with Gasteiger partial charge in [0.1, 0.15) is 5.01 Å². The zero-order valence-corrected chi connectivity index (χ0v) is 9.71. The highest BCUT2D eigenvalue weighted by atomic mass is 32.1. The van der Waals surface area contributed by atoms with Gasteiger partial charge in [0.25, 0.3) is 0 Å². The summed E-state index contributed by atoms with van der Waals surface area (Å²) in [6, 6.07) is 6.26. The number of thiazole rings is 1. The van der Waals surface area contributed by atoms with E-state index in [4.69, 9.17) is 5.73 Å². The zero-order valence-electron chi connectivity index (χ0n) is 8.90. The van der Waals surface area contributed by atoms with Crippen molar-refractivity contribution in [2.45, 2.75) is 19.9 Å². The van der Waals surface area contributed by atoms with Crippen LogP contribution in [0.25, 0.3) is 0 Å². The van der Waals surface area contributed by atoms with Gasteiger partial charge in [0, 0.05) is 11.6 Å². The number of hydrogen-bond acceptors (Lipinski definition) is 3. The second kappa shape index (κ2) is 4.13. The van der Waals surface area contributed by atoms with Crippen LogP contribution in [0.15, 0.2) is 29.8 Å². The third kappa shape index (κ3) is 2.08. The molecular weight excluding hydrogens is 204 g/mol. The predicted molar refractivity (Wildman–Crippen MR) is 64.1 cm³/mol. The van der Waals surface area contributed by atoms with Gasteiger partial charge >= 0.3 is 0 Å². The van der Waals surface area contributed by atoms with Crippen LogP contribution >= 0.6 is 11.3 Å². The van der Waals surface area contributed by atoms with E-state index < -0.39 is 0 Å². The molecule has 0 aliphatic heterocycles. The number of hydrogen-bond donors (Lipinski definition) is 1. The molecule has 0 saturated heterocycles. The van der Waals surface area contributed by atoms with Gasteiger partial charge in [-0.25, -0.2) is 4.98 Å². The smallest absolute Gasteiger partial charge is 0.114 e. The van der Waals surface area contributed by atoms with Gasteiger partial charge in [-0.2, -0.15) is 0 Å². The highest BCUT2D eigenvalue weighted by Gasteiger charge is 2.13. The molecule has 0 bridgehead atoms. The maximum absolute atomic E-state index is 6.18. The monoisotopic (exact) mass is 218 g/mol. The molecule has 0 fully saturated rings. The molecule has 1 aromatic carbocycles. The van der Waals surface area contributed by atoms with Gasteiger partial charge in [0.15, 0.2) is 0 Å². The van der Waals surface area contributed by atoms with Crippen LogP contribution in [0, 0.1) is 13.8 Å². The van der Waals surface area contributed by atoms with Crippen LogP contribution < -0.4 is 5.73 Å². The lowest BCUT2D eigenvalue weighted by atomic mass is 10.00. The molecule has 3 heteroatoms. The van der Waals surface area contributed by atoms with Crippen LogP contribution in [0.3, 0.4) is 0 Å². The van der Waals surface area contributed by atoms with Gasteiger partial charge < -0.3 is 5.73 Å². The summed E-state index contributed by atoms with van der Waals surface area (Å²) in [5, 5.41) is 2.93. The fraction of sp³-hybridized carbons (Fsp3) is 0.250. The summed E-state index contributed by atoms with van der Waals surface area (Å²) in [4.78, 5) is 4.26. The molecule has 15 heavy (non-hydrogen) atoms. The Morgan fingerprint density at radius 2 is 2.13 bits per heavy atom. The van der Waals surface area contributed by atoms with Crippen LogP contribution in [0.1, 0.15) is 27.7 Å². The number of rotatable bonds is 2. The Balaban J connectivity index is 2.41. The van der Waals surface area contributed by atoms with Crippen molar-refractivity contribution in [3.8, 4) is 0 Å². The average Bonchev–Trinajstić information content (AvgIpc) is 2.74. The molecule has 1 heterocycles. The van der Waals surface area contributed by atoms with Crippen LogP contribution in [-0.2, 0) is 0 Å². The largest absolute Gasteiger partial charge is 0.318 e. The minimum Gasteiger partial charge on any atom is -0.318 e. The first-order chi connectivity index (χ1) is 7.18. The number of benzene rings is 1. The van der Waals surface area contributed by atoms with Crippen LogP contribution in [0.2, 0.25) is 0 Å². The van der Waals surface area contributed by atoms with E-state index in [9.17, 15) is 0 Å². The molecule has 1 atom stereocenters. The molecule has 1 aromatic heterocycles. The number of nitrogens with zero attached hydrogens (tertiary/aromatic N) is 1. The van der Waals surface area contributed by atoms with E-state index in [0.29, 0.717) is 0 Å². The quantitative estimate of drug-likeness (QED) is 0.841. The zero-order chi connectivity index (χ0) is 10.8. The fourth-order valence-corrected chi connectivity index (χ4v) is 2.27. The Bertz CT molecular complexity index is 449. The minimum atomic E-state index is -0.0927. The topological polar surface area (TPSA) is 38.9 Å². The highest BCUT2D eigenvalue weighted by Crippen LogP contribution is 2.24. The van der Waals surface area contributed by atoms with E-state index in [1.54, 1.807) is 17.5 Å². The first-order valence-corrected chi connectivity index (χ1v) is 5.78. The molecule has 2 nitrogen and oxygen atoms in total. The Kier molecular flexibility index (Phi) is 2.84. The van der Waals surface area contributed by atoms with Crippen molar-refractivity contribution in [1.29, 1.82) is 0 Å². The predicted octanol–water partition coefficient (Wildman–Crippen LogP) is 2.81. The van der Waals surface area contributed by atoms with E-state index in [2.05, 4.69) is 37.0 Å². The summed E-state index contributed by atoms with van der Waals surface area (Å²) in [7, 11) is 0. The molecule has 2 rings (SSSR count). The summed E-state index contributed by atoms with van der Waals surface area (Å²) < 4.78 is 0. The van der Waals surface area contributed by atoms with E-state index >= 15 is 0 Å². The molecule has 0 spiro atoms. The van der Waals surface area contributed by atoms with Crippen molar-refractivity contribution >= 4 is 11.3 Å². The molecule has 2 aromatic rings. The van der Waals surface area contributed by atoms with Crippen molar-refractivity contribution in [2.75, 3.05) is 0 Å². The van der Waals surface area contributed by atoms with Gasteiger partial charge in [-0.15, -0.1) is 11.3 Å². The summed E-state index contributed by atoms with van der Waals surface area (Å²) >= 11 is 1.60. The summed E-state index contributed by atoms with van der Waals surface area (Å²) in [6.07, 6.45) is 1.80. The van der Waals surface area contributed by atoms with E-state index in [0.717, 1.165) is 5.01 Å². The summed E-state index contributed by atoms with van der Waals surface area (Å²) in [6.45, 7) is 4.17. The van der Waals surface area contributed by atoms with E-state index in [1.165, 1.54) is 16.7 Å². The number of aryl methyl sites for hydroxylation is 2. The average molecular weight is 218 g/mol. The van der Waals surface area contributed by atoms with Gasteiger partial charge in [-0.05, 0) is 25.0 Å². The standard InChI is InChI=1S/C12H14N2S/c1-8-3-4-9(2)10(7-8)11(13)12-14-5-6-15-12/h3-7,11H,13H2,1-2H3. The molecule has 0 saturated carbocycles. The molecule has 0 aliphatic carbocycles. The van der Waals surface area contributed by atoms with Crippen LogP contribution in [0.5, 0.6) is 0 Å². The fourth-order valence-electron chi connectivity index (χ4n) is 1.62. The lowest BCUT2D eigenvalue weighted by Gasteiger charge is -2.12. The highest BCUT2D eigenvalue weighted by molar-refractivity contribution is 7.09. The van der Waals surface area contributed by atoms with Crippen LogP contribution in [0.4, 0.5) is 0 Å². The normalized spacial score (nSPS) is 12.7. The number of aromatic nitrogens is 1. The third-order valence-corrected chi connectivity index (χ3v) is 3.35. The Morgan fingerprint density at radius 1 is 1.33 bits per heavy atom. The van der Waals surface area contributed by atoms with E-state index in [1.807, 2.05) is 5.38 Å². The summed E-state index contributed by atoms with van der Waals surface area (Å²) in [5.74, 6) is 0. The lowest BCUT2D eigenvalue weighted by molar-refractivity contribution is 0.847. The van der Waals surface area contributed by atoms with Crippen molar-refractivity contribution in [1.82, 2.24) is 4.98 Å². The lowest BCUT2D eigenvalue weighted by Crippen LogP contribution is -2.13. The van der Waals surface area contributed by atoms with Gasteiger partial charge in [-0.1, -0.05) is 23.8 Å². The molecule has 0 radical (unpaired) electrons. The molecule has 2 N–H and O–H groups in total. The second-order valence-electron chi connectivity index (χ2n) is 3.71. The SMILES string of the molecule is Cc1ccc(C)c(C(N)c2nccs2)c1. The van der Waals surface area contributed by atoms with E-state index in [-0.39, 0.29) is 6.04 Å². The molecule has 1 unspecified atom stereocenters. The maximum Gasteiger partial charge on any atom is 0.114 e. The Hall–Kier alpha value is -1.19. The second-order valence-corrected chi connectivity index (χ2v) is 4.63. The first kappa shape index (κ1) is 10.3. The van der Waals surface area contributed by atoms with Crippen LogP contribution in [-0.4, -0.2) is 4.98 Å². The molecule has 0 aliphatic rings. The third-order valence-electron chi connectivity index (χ3n) is 2.49. The van der Waals surface area contributed by atoms with Gasteiger partial charge in [0.05, 0.1) is 6.04 Å². The van der Waals surface area contributed by atoms with Gasteiger partial charge in [0.2, 0.25) is 0 Å². The van der Waals surface area contributed by atoms with Crippen molar-refractivity contribution in [3.05, 3.63) is 51.5 Å². The molecule has 0 amide bonds. The Morgan fingerprint density at radius 3 is 2.80 bits per heavy atom. The van der Waals surface area contributed by atoms with Crippen molar-refractivity contribution < 1.29 is 0 Å². The van der Waals surface area contributed by atoms with Crippen molar-refractivity contribution in [2.24, 2.45) is 5.73 Å². The van der Waals surface area contributed by atoms with Gasteiger partial charge in [-0.3, -0.25) is 0 Å². The molecular formula is C12H14N2S. The minimum absolute atomic E-state index is 0.0927. The Labute approximate surface area is 93.8 Å². The molecule has 78 valence electrons.